The number of carbonyl (C=O) groups excluding carboxylic acids is 4. The van der Waals surface area contributed by atoms with Crippen LogP contribution in [-0.2, 0) is 30.0 Å². The van der Waals surface area contributed by atoms with Crippen molar-refractivity contribution in [2.24, 2.45) is 11.8 Å². The molecule has 4 aromatic carbocycles. The van der Waals surface area contributed by atoms with Gasteiger partial charge in [0.1, 0.15) is 11.2 Å². The van der Waals surface area contributed by atoms with Crippen LogP contribution >= 0.6 is 0 Å². The molecule has 4 aromatic rings. The van der Waals surface area contributed by atoms with E-state index in [0.717, 1.165) is 22.3 Å². The molecule has 0 saturated carbocycles. The highest BCUT2D eigenvalue weighted by Gasteiger charge is 2.45. The summed E-state index contributed by atoms with van der Waals surface area (Å²) in [5.41, 5.74) is 1.79. The number of rotatable bonds is 15. The summed E-state index contributed by atoms with van der Waals surface area (Å²) in [6.45, 7) is 8.24. The fourth-order valence-electron chi connectivity index (χ4n) is 6.98. The largest absolute Gasteiger partial charge is 0.355 e. The van der Waals surface area contributed by atoms with Crippen LogP contribution in [-0.4, -0.2) is 36.7 Å². The monoisotopic (exact) mass is 693 g/mol. The highest BCUT2D eigenvalue weighted by Crippen LogP contribution is 2.41. The molecule has 0 aliphatic rings. The zero-order valence-corrected chi connectivity index (χ0v) is 30.4. The van der Waals surface area contributed by atoms with Gasteiger partial charge in [0.05, 0.1) is 24.9 Å². The van der Waals surface area contributed by atoms with E-state index in [1.165, 1.54) is 0 Å². The summed E-state index contributed by atoms with van der Waals surface area (Å²) in [5.74, 6) is 9.64. The molecule has 0 aliphatic heterocycles. The summed E-state index contributed by atoms with van der Waals surface area (Å²) in [6.07, 6.45) is -0.0479. The molecule has 0 aromatic heterocycles. The van der Waals surface area contributed by atoms with E-state index in [2.05, 4.69) is 39.6 Å². The fourth-order valence-corrected chi connectivity index (χ4v) is 6.98. The number of hydrogen-bond donors (Lipinski definition) is 3. The quantitative estimate of drug-likeness (QED) is 0.100. The van der Waals surface area contributed by atoms with Crippen LogP contribution in [0.25, 0.3) is 0 Å². The molecular formula is C45H47N3O4. The van der Waals surface area contributed by atoms with Crippen LogP contribution in [0.1, 0.15) is 69.2 Å². The third-order valence-electron chi connectivity index (χ3n) is 9.39. The maximum atomic E-state index is 13.9. The fraction of sp³-hybridized carbons (Fsp3) is 0.289. The van der Waals surface area contributed by atoms with Crippen molar-refractivity contribution in [1.29, 1.82) is 0 Å². The van der Waals surface area contributed by atoms with E-state index in [9.17, 15) is 19.2 Å². The van der Waals surface area contributed by atoms with Crippen molar-refractivity contribution < 1.29 is 19.2 Å². The van der Waals surface area contributed by atoms with Gasteiger partial charge in [-0.1, -0.05) is 161 Å². The van der Waals surface area contributed by atoms with Crippen LogP contribution < -0.4 is 16.0 Å². The van der Waals surface area contributed by atoms with Gasteiger partial charge in [-0.2, -0.15) is 0 Å². The second-order valence-corrected chi connectivity index (χ2v) is 13.2. The van der Waals surface area contributed by atoms with E-state index in [4.69, 9.17) is 0 Å². The molecule has 0 aliphatic carbocycles. The molecule has 52 heavy (non-hydrogen) atoms. The summed E-state index contributed by atoms with van der Waals surface area (Å²) < 4.78 is 0. The Morgan fingerprint density at radius 1 is 0.519 bits per heavy atom. The number of amides is 3. The summed E-state index contributed by atoms with van der Waals surface area (Å²) in [4.78, 5) is 52.7. The first-order valence-electron chi connectivity index (χ1n) is 17.7. The molecule has 0 fully saturated rings. The van der Waals surface area contributed by atoms with Gasteiger partial charge in [0.15, 0.2) is 0 Å². The molecule has 7 nitrogen and oxygen atoms in total. The average Bonchev–Trinajstić information content (AvgIpc) is 3.15. The topological polar surface area (TPSA) is 104 Å². The Balaban J connectivity index is 1.25. The Kier molecular flexibility index (Phi) is 14.1. The molecule has 4 rings (SSSR count). The number of benzene rings is 4. The van der Waals surface area contributed by atoms with E-state index < -0.39 is 10.8 Å². The van der Waals surface area contributed by atoms with Crippen LogP contribution in [0, 0.1) is 35.5 Å². The highest BCUT2D eigenvalue weighted by atomic mass is 16.2. The molecular weight excluding hydrogens is 647 g/mol. The van der Waals surface area contributed by atoms with Gasteiger partial charge >= 0.3 is 0 Å². The minimum Gasteiger partial charge on any atom is -0.355 e. The minimum absolute atomic E-state index is 0.0191. The Hall–Kier alpha value is -5.92. The first kappa shape index (κ1) is 38.9. The van der Waals surface area contributed by atoms with Crippen LogP contribution in [0.2, 0.25) is 0 Å². The van der Waals surface area contributed by atoms with Crippen LogP contribution in [0.4, 0.5) is 0 Å². The van der Waals surface area contributed by atoms with Crippen molar-refractivity contribution in [1.82, 2.24) is 16.0 Å². The van der Waals surface area contributed by atoms with Crippen molar-refractivity contribution in [2.75, 3.05) is 13.2 Å². The first-order chi connectivity index (χ1) is 25.1. The van der Waals surface area contributed by atoms with E-state index >= 15 is 0 Å². The number of carbonyl (C=O) groups is 4. The zero-order valence-electron chi connectivity index (χ0n) is 30.4. The van der Waals surface area contributed by atoms with E-state index in [0.29, 0.717) is 0 Å². The third kappa shape index (κ3) is 9.05. The second-order valence-electron chi connectivity index (χ2n) is 13.2. The summed E-state index contributed by atoms with van der Waals surface area (Å²) >= 11 is 0. The molecule has 0 saturated heterocycles. The number of Topliss-reactive ketones (excluding diaryl/α,β-unsaturated/α-hetero) is 1. The summed E-state index contributed by atoms with van der Waals surface area (Å²) in [5, 5.41) is 8.39. The van der Waals surface area contributed by atoms with Gasteiger partial charge in [0.25, 0.3) is 0 Å². The van der Waals surface area contributed by atoms with Crippen molar-refractivity contribution >= 4 is 23.5 Å². The summed E-state index contributed by atoms with van der Waals surface area (Å²) in [6, 6.07) is 38.8. The molecule has 0 atom stereocenters. The Bertz CT molecular complexity index is 1700. The van der Waals surface area contributed by atoms with Gasteiger partial charge in [0.2, 0.25) is 17.7 Å². The molecule has 266 valence electrons. The number of hydrogen-bond acceptors (Lipinski definition) is 4. The van der Waals surface area contributed by atoms with Crippen molar-refractivity contribution in [3.05, 3.63) is 144 Å². The van der Waals surface area contributed by atoms with Gasteiger partial charge in [-0.3, -0.25) is 19.2 Å². The predicted octanol–water partition coefficient (Wildman–Crippen LogP) is 6.32. The molecule has 0 bridgehead atoms. The standard InChI is InChI=1S/C45H47N3O4/c1-34(2)44(36-21-11-7-12-22-36,37-23-13-8-14-24-37)40(49)31-32-46-41(50)29-19-5-6-20-30-42(51)47-33-48-43(52)45(35(3)4,38-25-15-9-16-26-38)39-27-17-10-18-28-39/h7-18,21-28,34-35H,29-33H2,1-4H3,(H,46,50)(H,47,51)(H,48,52). The lowest BCUT2D eigenvalue weighted by Gasteiger charge is -2.37. The van der Waals surface area contributed by atoms with Gasteiger partial charge in [-0.25, -0.2) is 0 Å². The predicted molar refractivity (Wildman–Crippen MR) is 206 cm³/mol. The Labute approximate surface area is 308 Å². The van der Waals surface area contributed by atoms with E-state index in [1.54, 1.807) is 0 Å². The minimum atomic E-state index is -0.951. The number of ketones is 1. The summed E-state index contributed by atoms with van der Waals surface area (Å²) in [7, 11) is 0. The van der Waals surface area contributed by atoms with Crippen molar-refractivity contribution in [3.8, 4) is 23.7 Å². The van der Waals surface area contributed by atoms with Crippen LogP contribution in [0.15, 0.2) is 121 Å². The molecule has 0 unspecified atom stereocenters. The average molecular weight is 694 g/mol. The molecule has 3 amide bonds. The molecule has 0 heterocycles. The smallest absolute Gasteiger partial charge is 0.236 e. The highest BCUT2D eigenvalue weighted by molar-refractivity contribution is 5.95. The molecule has 0 radical (unpaired) electrons. The SMILES string of the molecule is CC(C)C(C(=O)CCNC(=O)CC#CC#CCC(=O)NCNC(=O)C(c1ccccc1)(c1ccccc1)C(C)C)(c1ccccc1)c1ccccc1. The zero-order chi connectivity index (χ0) is 37.4. The van der Waals surface area contributed by atoms with Gasteiger partial charge < -0.3 is 16.0 Å². The maximum Gasteiger partial charge on any atom is 0.236 e. The molecule has 0 spiro atoms. The lowest BCUT2D eigenvalue weighted by molar-refractivity contribution is -0.127. The normalized spacial score (nSPS) is 11.0. The lowest BCUT2D eigenvalue weighted by Crippen LogP contribution is -2.51. The Morgan fingerprint density at radius 3 is 1.27 bits per heavy atom. The van der Waals surface area contributed by atoms with Crippen molar-refractivity contribution in [2.45, 2.75) is 57.8 Å². The van der Waals surface area contributed by atoms with Crippen LogP contribution in [0.3, 0.4) is 0 Å². The molecule has 3 N–H and O–H groups in total. The molecule has 7 heteroatoms. The van der Waals surface area contributed by atoms with Gasteiger partial charge in [-0.05, 0) is 45.9 Å². The van der Waals surface area contributed by atoms with Gasteiger partial charge in [-0.15, -0.1) is 0 Å². The maximum absolute atomic E-state index is 13.9. The number of nitrogens with one attached hydrogen (secondary N) is 3. The third-order valence-corrected chi connectivity index (χ3v) is 9.39. The second kappa shape index (κ2) is 18.9. The Morgan fingerprint density at radius 2 is 0.885 bits per heavy atom. The van der Waals surface area contributed by atoms with Gasteiger partial charge in [0, 0.05) is 13.0 Å². The van der Waals surface area contributed by atoms with E-state index in [1.807, 2.05) is 149 Å². The van der Waals surface area contributed by atoms with Crippen molar-refractivity contribution in [3.63, 3.8) is 0 Å². The van der Waals surface area contributed by atoms with Crippen LogP contribution in [0.5, 0.6) is 0 Å². The van der Waals surface area contributed by atoms with E-state index in [-0.39, 0.29) is 67.8 Å². The lowest BCUT2D eigenvalue weighted by atomic mass is 9.63. The first-order valence-corrected chi connectivity index (χ1v) is 17.7.